The lowest BCUT2D eigenvalue weighted by atomic mass is 9.97. The van der Waals surface area contributed by atoms with E-state index in [0.29, 0.717) is 12.5 Å². The van der Waals surface area contributed by atoms with Crippen LogP contribution in [0.5, 0.6) is 0 Å². The van der Waals surface area contributed by atoms with Crippen molar-refractivity contribution in [2.45, 2.75) is 38.5 Å². The van der Waals surface area contributed by atoms with Gasteiger partial charge in [0.2, 0.25) is 11.9 Å². The molecule has 0 bridgehead atoms. The first kappa shape index (κ1) is 21.7. The van der Waals surface area contributed by atoms with Crippen molar-refractivity contribution in [2.75, 3.05) is 44.2 Å². The van der Waals surface area contributed by atoms with Gasteiger partial charge in [-0.1, -0.05) is 18.6 Å². The number of benzene rings is 1. The first-order valence-electron chi connectivity index (χ1n) is 11.5. The highest BCUT2D eigenvalue weighted by Crippen LogP contribution is 2.23. The highest BCUT2D eigenvalue weighted by atomic mass is 19.1. The molecule has 1 N–H and O–H groups in total. The van der Waals surface area contributed by atoms with Gasteiger partial charge in [0.1, 0.15) is 5.82 Å². The van der Waals surface area contributed by atoms with Crippen molar-refractivity contribution in [1.29, 1.82) is 0 Å². The third-order valence-corrected chi connectivity index (χ3v) is 6.27. The number of halogens is 1. The predicted molar refractivity (Wildman–Crippen MR) is 120 cm³/mol. The average molecular weight is 426 g/mol. The molecule has 0 unspecified atom stereocenters. The van der Waals surface area contributed by atoms with E-state index in [0.717, 1.165) is 50.0 Å². The van der Waals surface area contributed by atoms with Crippen LogP contribution in [0.2, 0.25) is 0 Å². The van der Waals surface area contributed by atoms with Crippen LogP contribution in [-0.2, 0) is 4.79 Å². The van der Waals surface area contributed by atoms with Gasteiger partial charge in [-0.15, -0.1) is 0 Å². The summed E-state index contributed by atoms with van der Waals surface area (Å²) in [6.45, 7) is 5.69. The van der Waals surface area contributed by atoms with Crippen LogP contribution in [0.4, 0.5) is 10.3 Å². The van der Waals surface area contributed by atoms with Crippen molar-refractivity contribution in [3.8, 4) is 11.1 Å². The highest BCUT2D eigenvalue weighted by molar-refractivity contribution is 5.79. The number of rotatable bonds is 7. The van der Waals surface area contributed by atoms with Crippen LogP contribution >= 0.6 is 0 Å². The smallest absolute Gasteiger partial charge is 0.225 e. The van der Waals surface area contributed by atoms with Gasteiger partial charge in [0.05, 0.1) is 5.92 Å². The van der Waals surface area contributed by atoms with Crippen molar-refractivity contribution in [3.05, 3.63) is 42.5 Å². The molecular weight excluding hydrogens is 393 g/mol. The second-order valence-electron chi connectivity index (χ2n) is 8.61. The van der Waals surface area contributed by atoms with Gasteiger partial charge in [-0.3, -0.25) is 4.79 Å². The van der Waals surface area contributed by atoms with Crippen molar-refractivity contribution in [2.24, 2.45) is 5.92 Å². The van der Waals surface area contributed by atoms with Crippen molar-refractivity contribution in [1.82, 2.24) is 20.2 Å². The number of likely N-dealkylation sites (tertiary alicyclic amines) is 1. The minimum Gasteiger partial charge on any atom is -0.356 e. The molecule has 4 rings (SSSR count). The maximum atomic E-state index is 13.5. The van der Waals surface area contributed by atoms with Crippen molar-refractivity contribution in [3.63, 3.8) is 0 Å². The number of piperidine rings is 2. The lowest BCUT2D eigenvalue weighted by Crippen LogP contribution is -2.44. The highest BCUT2D eigenvalue weighted by Gasteiger charge is 2.27. The normalized spacial score (nSPS) is 19.9. The Kier molecular flexibility index (Phi) is 7.46. The minimum atomic E-state index is -0.276. The van der Waals surface area contributed by atoms with Gasteiger partial charge in [0, 0.05) is 37.6 Å². The lowest BCUT2D eigenvalue weighted by molar-refractivity contribution is -0.125. The summed E-state index contributed by atoms with van der Waals surface area (Å²) in [6, 6.07) is 6.42. The molecule has 1 aromatic heterocycles. The molecule has 0 radical (unpaired) electrons. The molecule has 0 saturated carbocycles. The van der Waals surface area contributed by atoms with E-state index in [2.05, 4.69) is 25.1 Å². The summed E-state index contributed by atoms with van der Waals surface area (Å²) in [5.41, 5.74) is 1.54. The number of hydrogen-bond donors (Lipinski definition) is 1. The Labute approximate surface area is 183 Å². The molecule has 166 valence electrons. The quantitative estimate of drug-likeness (QED) is 0.688. The van der Waals surface area contributed by atoms with Gasteiger partial charge < -0.3 is 15.1 Å². The summed E-state index contributed by atoms with van der Waals surface area (Å²) in [7, 11) is 0. The zero-order valence-electron chi connectivity index (χ0n) is 18.1. The van der Waals surface area contributed by atoms with Crippen LogP contribution in [0, 0.1) is 11.7 Å². The molecule has 2 saturated heterocycles. The maximum absolute atomic E-state index is 13.5. The van der Waals surface area contributed by atoms with Gasteiger partial charge >= 0.3 is 0 Å². The molecule has 1 atom stereocenters. The van der Waals surface area contributed by atoms with Crippen molar-refractivity contribution < 1.29 is 9.18 Å². The number of hydrogen-bond acceptors (Lipinski definition) is 5. The van der Waals surface area contributed by atoms with E-state index in [1.54, 1.807) is 18.5 Å². The van der Waals surface area contributed by atoms with Gasteiger partial charge in [-0.05, 0) is 69.4 Å². The number of aromatic nitrogens is 2. The molecule has 2 aromatic rings. The van der Waals surface area contributed by atoms with Crippen LogP contribution in [0.1, 0.15) is 38.5 Å². The number of carbonyl (C=O) groups excluding carboxylic acids is 1. The largest absolute Gasteiger partial charge is 0.356 e. The Hall–Kier alpha value is -2.54. The summed E-state index contributed by atoms with van der Waals surface area (Å²) in [6.07, 6.45) is 10.3. The number of carbonyl (C=O) groups is 1. The first-order chi connectivity index (χ1) is 15.2. The summed E-state index contributed by atoms with van der Waals surface area (Å²) in [5, 5.41) is 3.13. The standard InChI is InChI=1S/C24H32FN5O/c25-22-9-4-7-19(15-22)21-16-27-24(28-17-21)30-14-5-8-20(18-30)23(31)26-10-6-13-29-11-2-1-3-12-29/h4,7,9,15-17,20H,1-3,5-6,8,10-14,18H2,(H,26,31)/t20-/m0/s1. The second-order valence-corrected chi connectivity index (χ2v) is 8.61. The van der Waals surface area contributed by atoms with Crippen molar-refractivity contribution >= 4 is 11.9 Å². The molecule has 6 nitrogen and oxygen atoms in total. The van der Waals surface area contributed by atoms with E-state index in [1.807, 2.05) is 6.07 Å². The Morgan fingerprint density at radius 3 is 2.65 bits per heavy atom. The summed E-state index contributed by atoms with van der Waals surface area (Å²) >= 11 is 0. The molecule has 7 heteroatoms. The van der Waals surface area contributed by atoms with Crippen LogP contribution in [-0.4, -0.2) is 60.0 Å². The van der Waals surface area contributed by atoms with Crippen LogP contribution in [0.15, 0.2) is 36.7 Å². The summed E-state index contributed by atoms with van der Waals surface area (Å²) in [4.78, 5) is 26.2. The SMILES string of the molecule is O=C(NCCCN1CCCCC1)[C@H]1CCCN(c2ncc(-c3cccc(F)c3)cn2)C1. The summed E-state index contributed by atoms with van der Waals surface area (Å²) < 4.78 is 13.5. The van der Waals surface area contributed by atoms with Gasteiger partial charge in [-0.25, -0.2) is 14.4 Å². The Balaban J connectivity index is 1.26. The third-order valence-electron chi connectivity index (χ3n) is 6.27. The maximum Gasteiger partial charge on any atom is 0.225 e. The van der Waals surface area contributed by atoms with E-state index < -0.39 is 0 Å². The fourth-order valence-electron chi connectivity index (χ4n) is 4.52. The zero-order valence-corrected chi connectivity index (χ0v) is 18.1. The second kappa shape index (κ2) is 10.7. The molecular formula is C24H32FN5O. The fraction of sp³-hybridized carbons (Fsp3) is 0.542. The number of nitrogens with one attached hydrogen (secondary N) is 1. The number of nitrogens with zero attached hydrogens (tertiary/aromatic N) is 4. The van der Waals surface area contributed by atoms with E-state index in [1.165, 1.54) is 44.5 Å². The Morgan fingerprint density at radius 1 is 1.06 bits per heavy atom. The molecule has 2 fully saturated rings. The van der Waals surface area contributed by atoms with Gasteiger partial charge in [0.15, 0.2) is 0 Å². The minimum absolute atomic E-state index is 0.0322. The molecule has 31 heavy (non-hydrogen) atoms. The van der Waals surface area contributed by atoms with E-state index in [9.17, 15) is 9.18 Å². The van der Waals surface area contributed by atoms with E-state index in [-0.39, 0.29) is 17.6 Å². The molecule has 0 spiro atoms. The van der Waals surface area contributed by atoms with Crippen LogP contribution < -0.4 is 10.2 Å². The lowest BCUT2D eigenvalue weighted by Gasteiger charge is -2.32. The third kappa shape index (κ3) is 6.00. The monoisotopic (exact) mass is 425 g/mol. The Bertz CT molecular complexity index is 853. The average Bonchev–Trinajstić information content (AvgIpc) is 2.82. The molecule has 0 aliphatic carbocycles. The zero-order chi connectivity index (χ0) is 21.5. The molecule has 1 amide bonds. The summed E-state index contributed by atoms with van der Waals surface area (Å²) in [5.74, 6) is 0.458. The molecule has 1 aromatic carbocycles. The van der Waals surface area contributed by atoms with E-state index in [4.69, 9.17) is 0 Å². The molecule has 2 aliphatic rings. The van der Waals surface area contributed by atoms with E-state index >= 15 is 0 Å². The fourth-order valence-corrected chi connectivity index (χ4v) is 4.52. The predicted octanol–water partition coefficient (Wildman–Crippen LogP) is 3.49. The van der Waals surface area contributed by atoms with Crippen LogP contribution in [0.3, 0.4) is 0 Å². The number of amides is 1. The number of anilines is 1. The van der Waals surface area contributed by atoms with Gasteiger partial charge in [-0.2, -0.15) is 0 Å². The first-order valence-corrected chi connectivity index (χ1v) is 11.5. The molecule has 2 aliphatic heterocycles. The van der Waals surface area contributed by atoms with Gasteiger partial charge in [0.25, 0.3) is 0 Å². The topological polar surface area (TPSA) is 61.4 Å². The molecule has 3 heterocycles. The van der Waals surface area contributed by atoms with Crippen LogP contribution in [0.25, 0.3) is 11.1 Å². The Morgan fingerprint density at radius 2 is 1.87 bits per heavy atom.